The highest BCUT2D eigenvalue weighted by Gasteiger charge is 2.59. The lowest BCUT2D eigenvalue weighted by atomic mass is 9.94. The molecule has 5 heteroatoms. The van der Waals surface area contributed by atoms with Gasteiger partial charge in [0.15, 0.2) is 0 Å². The van der Waals surface area contributed by atoms with Gasteiger partial charge in [0, 0.05) is 20.2 Å². The standard InChI is InChI=1S/C13H21NO4/c1-9-4-7-14(8-10(9)17-2)11(15)13(5-6-13)12(16)18-3/h9-10H,4-8H2,1-3H3. The first-order chi connectivity index (χ1) is 8.55. The number of piperidine rings is 1. The molecule has 2 atom stereocenters. The third kappa shape index (κ3) is 2.11. The van der Waals surface area contributed by atoms with E-state index in [1.165, 1.54) is 7.11 Å². The Labute approximate surface area is 107 Å². The number of hydrogen-bond acceptors (Lipinski definition) is 4. The molecule has 2 unspecified atom stereocenters. The molecule has 1 aliphatic carbocycles. The van der Waals surface area contributed by atoms with E-state index in [1.54, 1.807) is 12.0 Å². The second kappa shape index (κ2) is 4.88. The van der Waals surface area contributed by atoms with Crippen LogP contribution in [0.15, 0.2) is 0 Å². The number of ether oxygens (including phenoxy) is 2. The minimum atomic E-state index is -0.881. The Kier molecular flexibility index (Phi) is 3.61. The van der Waals surface area contributed by atoms with Crippen LogP contribution in [-0.4, -0.2) is 50.2 Å². The Bertz CT molecular complexity index is 351. The van der Waals surface area contributed by atoms with Crippen molar-refractivity contribution in [2.75, 3.05) is 27.3 Å². The second-order valence-electron chi connectivity index (χ2n) is 5.36. The molecule has 0 radical (unpaired) electrons. The molecule has 5 nitrogen and oxygen atoms in total. The molecule has 18 heavy (non-hydrogen) atoms. The third-order valence-electron chi connectivity index (χ3n) is 4.21. The van der Waals surface area contributed by atoms with Crippen molar-refractivity contribution in [2.45, 2.75) is 32.3 Å². The number of hydrogen-bond donors (Lipinski definition) is 0. The summed E-state index contributed by atoms with van der Waals surface area (Å²) in [6, 6.07) is 0. The van der Waals surface area contributed by atoms with E-state index in [-0.39, 0.29) is 18.0 Å². The molecule has 1 aliphatic heterocycles. The summed E-state index contributed by atoms with van der Waals surface area (Å²) >= 11 is 0. The molecule has 1 heterocycles. The van der Waals surface area contributed by atoms with E-state index in [2.05, 4.69) is 6.92 Å². The van der Waals surface area contributed by atoms with Gasteiger partial charge < -0.3 is 14.4 Å². The number of esters is 1. The zero-order chi connectivity index (χ0) is 13.3. The van der Waals surface area contributed by atoms with Gasteiger partial charge in [-0.3, -0.25) is 9.59 Å². The average Bonchev–Trinajstić information content (AvgIpc) is 3.19. The molecule has 1 amide bonds. The highest BCUT2D eigenvalue weighted by Crippen LogP contribution is 2.48. The fourth-order valence-electron chi connectivity index (χ4n) is 2.65. The van der Waals surface area contributed by atoms with Gasteiger partial charge in [0.05, 0.1) is 13.2 Å². The summed E-state index contributed by atoms with van der Waals surface area (Å²) in [6.45, 7) is 3.41. The predicted octanol–water partition coefficient (Wildman–Crippen LogP) is 0.823. The molecule has 0 N–H and O–H groups in total. The minimum absolute atomic E-state index is 0.0659. The Balaban J connectivity index is 2.04. The van der Waals surface area contributed by atoms with Gasteiger partial charge in [0.1, 0.15) is 5.41 Å². The van der Waals surface area contributed by atoms with Crippen LogP contribution in [0.3, 0.4) is 0 Å². The fourth-order valence-corrected chi connectivity index (χ4v) is 2.65. The van der Waals surface area contributed by atoms with Crippen LogP contribution in [0.2, 0.25) is 0 Å². The van der Waals surface area contributed by atoms with Crippen LogP contribution >= 0.6 is 0 Å². The van der Waals surface area contributed by atoms with Crippen LogP contribution < -0.4 is 0 Å². The molecule has 0 aromatic heterocycles. The van der Waals surface area contributed by atoms with Crippen LogP contribution in [0.4, 0.5) is 0 Å². The topological polar surface area (TPSA) is 55.8 Å². The van der Waals surface area contributed by atoms with Crippen molar-refractivity contribution < 1.29 is 19.1 Å². The maximum absolute atomic E-state index is 12.4. The predicted molar refractivity (Wildman–Crippen MR) is 64.8 cm³/mol. The lowest BCUT2D eigenvalue weighted by molar-refractivity contribution is -0.158. The molecule has 1 saturated carbocycles. The van der Waals surface area contributed by atoms with Crippen molar-refractivity contribution in [1.29, 1.82) is 0 Å². The van der Waals surface area contributed by atoms with Crippen LogP contribution in [0.25, 0.3) is 0 Å². The summed E-state index contributed by atoms with van der Waals surface area (Å²) in [5.74, 6) is -0.0179. The molecule has 1 saturated heterocycles. The maximum Gasteiger partial charge on any atom is 0.321 e. The van der Waals surface area contributed by atoms with E-state index < -0.39 is 5.41 Å². The number of rotatable bonds is 3. The zero-order valence-electron chi connectivity index (χ0n) is 11.3. The van der Waals surface area contributed by atoms with Crippen molar-refractivity contribution in [3.8, 4) is 0 Å². The van der Waals surface area contributed by atoms with E-state index in [1.807, 2.05) is 0 Å². The second-order valence-corrected chi connectivity index (χ2v) is 5.36. The summed E-state index contributed by atoms with van der Waals surface area (Å²) in [4.78, 5) is 25.9. The van der Waals surface area contributed by atoms with Crippen molar-refractivity contribution in [1.82, 2.24) is 4.90 Å². The number of carbonyl (C=O) groups excluding carboxylic acids is 2. The summed E-state index contributed by atoms with van der Waals surface area (Å²) in [6.07, 6.45) is 2.21. The van der Waals surface area contributed by atoms with Gasteiger partial charge >= 0.3 is 5.97 Å². The number of nitrogens with zero attached hydrogens (tertiary/aromatic N) is 1. The molecular weight excluding hydrogens is 234 g/mol. The van der Waals surface area contributed by atoms with Crippen LogP contribution in [-0.2, 0) is 19.1 Å². The smallest absolute Gasteiger partial charge is 0.321 e. The average molecular weight is 255 g/mol. The van der Waals surface area contributed by atoms with Gasteiger partial charge in [-0.2, -0.15) is 0 Å². The lowest BCUT2D eigenvalue weighted by Crippen LogP contribution is -2.50. The largest absolute Gasteiger partial charge is 0.468 e. The Morgan fingerprint density at radius 2 is 1.94 bits per heavy atom. The molecule has 0 spiro atoms. The van der Waals surface area contributed by atoms with Crippen LogP contribution in [0.5, 0.6) is 0 Å². The van der Waals surface area contributed by atoms with Gasteiger partial charge in [-0.1, -0.05) is 6.92 Å². The highest BCUT2D eigenvalue weighted by molar-refractivity contribution is 6.05. The van der Waals surface area contributed by atoms with E-state index in [0.29, 0.717) is 31.8 Å². The molecule has 2 aliphatic rings. The summed E-state index contributed by atoms with van der Waals surface area (Å²) in [7, 11) is 3.01. The van der Waals surface area contributed by atoms with Crippen LogP contribution in [0.1, 0.15) is 26.2 Å². The number of likely N-dealkylation sites (tertiary alicyclic amines) is 1. The lowest BCUT2D eigenvalue weighted by Gasteiger charge is -2.37. The first-order valence-electron chi connectivity index (χ1n) is 6.45. The molecule has 2 rings (SSSR count). The molecular formula is C13H21NO4. The van der Waals surface area contributed by atoms with Crippen LogP contribution in [0, 0.1) is 11.3 Å². The fraction of sp³-hybridized carbons (Fsp3) is 0.846. The number of amides is 1. The van der Waals surface area contributed by atoms with Crippen molar-refractivity contribution in [3.05, 3.63) is 0 Å². The van der Waals surface area contributed by atoms with Gasteiger partial charge in [-0.25, -0.2) is 0 Å². The van der Waals surface area contributed by atoms with Crippen molar-refractivity contribution >= 4 is 11.9 Å². The van der Waals surface area contributed by atoms with E-state index in [4.69, 9.17) is 9.47 Å². The normalized spacial score (nSPS) is 29.8. The minimum Gasteiger partial charge on any atom is -0.468 e. The molecule has 0 aromatic rings. The van der Waals surface area contributed by atoms with E-state index in [0.717, 1.165) is 6.42 Å². The molecule has 0 bridgehead atoms. The van der Waals surface area contributed by atoms with Gasteiger partial charge in [-0.05, 0) is 25.2 Å². The molecule has 102 valence electrons. The Morgan fingerprint density at radius 1 is 1.28 bits per heavy atom. The SMILES string of the molecule is COC(=O)C1(C(=O)N2CCC(C)C(OC)C2)CC1. The summed E-state index contributed by atoms with van der Waals surface area (Å²) in [5.41, 5.74) is -0.881. The van der Waals surface area contributed by atoms with Gasteiger partial charge in [0.2, 0.25) is 5.91 Å². The number of carbonyl (C=O) groups is 2. The highest BCUT2D eigenvalue weighted by atomic mass is 16.5. The van der Waals surface area contributed by atoms with Gasteiger partial charge in [-0.15, -0.1) is 0 Å². The Morgan fingerprint density at radius 3 is 2.44 bits per heavy atom. The summed E-state index contributed by atoms with van der Waals surface area (Å²) in [5, 5.41) is 0. The molecule has 0 aromatic carbocycles. The van der Waals surface area contributed by atoms with Gasteiger partial charge in [0.25, 0.3) is 0 Å². The Hall–Kier alpha value is -1.10. The quantitative estimate of drug-likeness (QED) is 0.553. The van der Waals surface area contributed by atoms with Crippen molar-refractivity contribution in [3.63, 3.8) is 0 Å². The summed E-state index contributed by atoms with van der Waals surface area (Å²) < 4.78 is 10.1. The number of methoxy groups -OCH3 is 2. The monoisotopic (exact) mass is 255 g/mol. The first-order valence-corrected chi connectivity index (χ1v) is 6.45. The van der Waals surface area contributed by atoms with E-state index >= 15 is 0 Å². The van der Waals surface area contributed by atoms with E-state index in [9.17, 15) is 9.59 Å². The first kappa shape index (κ1) is 13.3. The third-order valence-corrected chi connectivity index (χ3v) is 4.21. The zero-order valence-corrected chi connectivity index (χ0v) is 11.3. The van der Waals surface area contributed by atoms with Crippen molar-refractivity contribution in [2.24, 2.45) is 11.3 Å². The maximum atomic E-state index is 12.4. The molecule has 2 fully saturated rings.